The molecule has 0 aliphatic rings. The van der Waals surface area contributed by atoms with Crippen LogP contribution in [0.25, 0.3) is 6.08 Å². The number of halogens is 3. The molecule has 1 amide bonds. The molecule has 122 valence electrons. The zero-order chi connectivity index (χ0) is 17.0. The Morgan fingerprint density at radius 2 is 2.04 bits per heavy atom. The molecule has 0 radical (unpaired) electrons. The number of thiazole rings is 1. The molecule has 1 aromatic heterocycles. The van der Waals surface area contributed by atoms with E-state index in [1.54, 1.807) is 37.3 Å². The second kappa shape index (κ2) is 6.95. The van der Waals surface area contributed by atoms with Crippen molar-refractivity contribution in [3.8, 4) is 0 Å². The highest BCUT2D eigenvalue weighted by Gasteiger charge is 2.34. The molecule has 2 aromatic rings. The number of nitrogens with one attached hydrogen (secondary N) is 1. The van der Waals surface area contributed by atoms with Crippen molar-refractivity contribution in [3.63, 3.8) is 0 Å². The van der Waals surface area contributed by atoms with Crippen LogP contribution in [0.15, 0.2) is 36.2 Å². The molecule has 2 rings (SSSR count). The number of rotatable bonds is 5. The number of nitrogens with zero attached hydrogens (tertiary/aromatic N) is 1. The van der Waals surface area contributed by atoms with Gasteiger partial charge in [-0.25, -0.2) is 4.98 Å². The van der Waals surface area contributed by atoms with Crippen molar-refractivity contribution < 1.29 is 18.0 Å². The number of hydrogen-bond acceptors (Lipinski definition) is 3. The summed E-state index contributed by atoms with van der Waals surface area (Å²) < 4.78 is 37.8. The number of benzene rings is 1. The Bertz CT molecular complexity index is 692. The molecule has 0 aliphatic carbocycles. The van der Waals surface area contributed by atoms with Gasteiger partial charge in [0, 0.05) is 10.9 Å². The lowest BCUT2D eigenvalue weighted by molar-refractivity contribution is -0.140. The van der Waals surface area contributed by atoms with Crippen molar-refractivity contribution in [3.05, 3.63) is 58.1 Å². The van der Waals surface area contributed by atoms with Crippen molar-refractivity contribution in [2.75, 3.05) is 0 Å². The van der Waals surface area contributed by atoms with Gasteiger partial charge in [-0.3, -0.25) is 4.79 Å². The van der Waals surface area contributed by atoms with Crippen LogP contribution in [0.2, 0.25) is 0 Å². The fourth-order valence-corrected chi connectivity index (χ4v) is 2.89. The Labute approximate surface area is 135 Å². The molecule has 1 heterocycles. The van der Waals surface area contributed by atoms with Gasteiger partial charge in [0.1, 0.15) is 5.01 Å². The Morgan fingerprint density at radius 1 is 1.39 bits per heavy atom. The maximum atomic E-state index is 12.6. The van der Waals surface area contributed by atoms with Crippen LogP contribution in [0.1, 0.15) is 46.0 Å². The van der Waals surface area contributed by atoms with Gasteiger partial charge in [-0.05, 0) is 24.1 Å². The minimum absolute atomic E-state index is 0.246. The fraction of sp³-hybridized carbons (Fsp3) is 0.250. The lowest BCUT2D eigenvalue weighted by Gasteiger charge is -2.14. The van der Waals surface area contributed by atoms with Crippen LogP contribution in [-0.4, -0.2) is 10.9 Å². The van der Waals surface area contributed by atoms with Crippen LogP contribution >= 0.6 is 11.3 Å². The number of carbonyl (C=O) groups is 1. The Balaban J connectivity index is 2.13. The van der Waals surface area contributed by atoms with E-state index < -0.39 is 17.9 Å². The van der Waals surface area contributed by atoms with Crippen LogP contribution in [0, 0.1) is 0 Å². The van der Waals surface area contributed by atoms with E-state index in [4.69, 9.17) is 0 Å². The van der Waals surface area contributed by atoms with E-state index in [1.165, 1.54) is 0 Å². The second-order valence-corrected chi connectivity index (χ2v) is 5.72. The van der Waals surface area contributed by atoms with Crippen LogP contribution < -0.4 is 5.32 Å². The summed E-state index contributed by atoms with van der Waals surface area (Å²) in [7, 11) is 0. The normalized spacial score (nSPS) is 12.7. The number of carbonyl (C=O) groups excluding carboxylic acids is 1. The summed E-state index contributed by atoms with van der Waals surface area (Å²) in [6, 6.07) is 6.22. The van der Waals surface area contributed by atoms with Crippen molar-refractivity contribution in [2.24, 2.45) is 0 Å². The van der Waals surface area contributed by atoms with Gasteiger partial charge in [0.25, 0.3) is 5.91 Å². The Kier molecular flexibility index (Phi) is 5.20. The smallest absolute Gasteiger partial charge is 0.343 e. The SMILES string of the molecule is C=Cc1ccc(C(=O)NC(CC)c2nc(C(F)(F)F)cs2)cc1. The van der Waals surface area contributed by atoms with Gasteiger partial charge >= 0.3 is 6.18 Å². The molecule has 0 aliphatic heterocycles. The van der Waals surface area contributed by atoms with Gasteiger partial charge in [0.05, 0.1) is 6.04 Å². The van der Waals surface area contributed by atoms with Crippen LogP contribution in [0.5, 0.6) is 0 Å². The number of aromatic nitrogens is 1. The topological polar surface area (TPSA) is 42.0 Å². The van der Waals surface area contributed by atoms with E-state index in [1.807, 2.05) is 0 Å². The molecule has 1 aromatic carbocycles. The average molecular weight is 340 g/mol. The molecule has 0 fully saturated rings. The molecule has 23 heavy (non-hydrogen) atoms. The van der Waals surface area contributed by atoms with E-state index in [2.05, 4.69) is 16.9 Å². The van der Waals surface area contributed by atoms with Crippen LogP contribution in [0.4, 0.5) is 13.2 Å². The monoisotopic (exact) mass is 340 g/mol. The summed E-state index contributed by atoms with van der Waals surface area (Å²) in [5, 5.41) is 3.92. The molecule has 0 saturated carbocycles. The summed E-state index contributed by atoms with van der Waals surface area (Å²) >= 11 is 0.893. The first-order chi connectivity index (χ1) is 10.8. The van der Waals surface area contributed by atoms with Crippen molar-refractivity contribution in [1.82, 2.24) is 10.3 Å². The molecule has 0 saturated heterocycles. The lowest BCUT2D eigenvalue weighted by atomic mass is 10.1. The highest BCUT2D eigenvalue weighted by molar-refractivity contribution is 7.09. The molecular weight excluding hydrogens is 325 g/mol. The number of alkyl halides is 3. The highest BCUT2D eigenvalue weighted by atomic mass is 32.1. The molecular formula is C16H15F3N2OS. The molecule has 0 spiro atoms. The Morgan fingerprint density at radius 3 is 2.52 bits per heavy atom. The van der Waals surface area contributed by atoms with E-state index in [9.17, 15) is 18.0 Å². The van der Waals surface area contributed by atoms with Crippen LogP contribution in [-0.2, 0) is 6.18 Å². The second-order valence-electron chi connectivity index (χ2n) is 4.83. The van der Waals surface area contributed by atoms with E-state index >= 15 is 0 Å². The van der Waals surface area contributed by atoms with Gasteiger partial charge in [-0.1, -0.05) is 31.7 Å². The van der Waals surface area contributed by atoms with Gasteiger partial charge in [0.15, 0.2) is 5.69 Å². The Hall–Kier alpha value is -2.15. The van der Waals surface area contributed by atoms with Gasteiger partial charge < -0.3 is 5.32 Å². The summed E-state index contributed by atoms with van der Waals surface area (Å²) in [5.41, 5.74) is 0.380. The maximum absolute atomic E-state index is 12.6. The zero-order valence-corrected chi connectivity index (χ0v) is 13.2. The van der Waals surface area contributed by atoms with Crippen LogP contribution in [0.3, 0.4) is 0 Å². The number of amides is 1. The average Bonchev–Trinajstić information content (AvgIpc) is 3.02. The predicted octanol–water partition coefficient (Wildman–Crippen LogP) is 4.69. The summed E-state index contributed by atoms with van der Waals surface area (Å²) in [6.45, 7) is 5.41. The maximum Gasteiger partial charge on any atom is 0.434 e. The summed E-state index contributed by atoms with van der Waals surface area (Å²) in [6.07, 6.45) is -2.37. The largest absolute Gasteiger partial charge is 0.434 e. The zero-order valence-electron chi connectivity index (χ0n) is 12.4. The molecule has 1 atom stereocenters. The number of hydrogen-bond donors (Lipinski definition) is 1. The third-order valence-corrected chi connectivity index (χ3v) is 4.19. The molecule has 3 nitrogen and oxygen atoms in total. The predicted molar refractivity (Wildman–Crippen MR) is 84.1 cm³/mol. The van der Waals surface area contributed by atoms with Gasteiger partial charge in [0.2, 0.25) is 0 Å². The van der Waals surface area contributed by atoms with E-state index in [-0.39, 0.29) is 10.9 Å². The third kappa shape index (κ3) is 4.19. The first-order valence-corrected chi connectivity index (χ1v) is 7.79. The lowest BCUT2D eigenvalue weighted by Crippen LogP contribution is -2.28. The van der Waals surface area contributed by atoms with E-state index in [0.717, 1.165) is 22.3 Å². The molecule has 1 N–H and O–H groups in total. The van der Waals surface area contributed by atoms with Crippen molar-refractivity contribution >= 4 is 23.3 Å². The van der Waals surface area contributed by atoms with Gasteiger partial charge in [-0.2, -0.15) is 13.2 Å². The highest BCUT2D eigenvalue weighted by Crippen LogP contribution is 2.32. The van der Waals surface area contributed by atoms with Crippen molar-refractivity contribution in [1.29, 1.82) is 0 Å². The quantitative estimate of drug-likeness (QED) is 0.858. The molecule has 7 heteroatoms. The first kappa shape index (κ1) is 17.2. The minimum Gasteiger partial charge on any atom is -0.343 e. The minimum atomic E-state index is -4.47. The standard InChI is InChI=1S/C16H15F3N2OS/c1-3-10-5-7-11(8-6-10)14(22)20-12(4-2)15-21-13(9-23-15)16(17,18)19/h3,5-9,12H,1,4H2,2H3,(H,20,22). The summed E-state index contributed by atoms with van der Waals surface area (Å²) in [4.78, 5) is 15.8. The van der Waals surface area contributed by atoms with Crippen molar-refractivity contribution in [2.45, 2.75) is 25.6 Å². The molecule has 1 unspecified atom stereocenters. The third-order valence-electron chi connectivity index (χ3n) is 3.23. The van der Waals surface area contributed by atoms with E-state index in [0.29, 0.717) is 12.0 Å². The fourth-order valence-electron chi connectivity index (χ4n) is 1.93. The molecule has 0 bridgehead atoms. The first-order valence-electron chi connectivity index (χ1n) is 6.91. The van der Waals surface area contributed by atoms with Gasteiger partial charge in [-0.15, -0.1) is 11.3 Å². The summed E-state index contributed by atoms with van der Waals surface area (Å²) in [5.74, 6) is -0.351.